The second kappa shape index (κ2) is 7.85. The minimum Gasteiger partial charge on any atom is -0.293 e. The topological polar surface area (TPSA) is 57.7 Å². The minimum absolute atomic E-state index is 0.0860. The van der Waals surface area contributed by atoms with Gasteiger partial charge in [-0.3, -0.25) is 9.69 Å². The fraction of sp³-hybridized carbons (Fsp3) is 0.562. The van der Waals surface area contributed by atoms with E-state index in [0.717, 1.165) is 6.42 Å². The first-order chi connectivity index (χ1) is 10.5. The number of nitrogens with zero attached hydrogens (tertiary/aromatic N) is 2. The second-order valence-corrected chi connectivity index (χ2v) is 7.72. The largest absolute Gasteiger partial charge is 0.293 e. The van der Waals surface area contributed by atoms with Crippen LogP contribution in [0, 0.1) is 0 Å². The van der Waals surface area contributed by atoms with Gasteiger partial charge in [0.05, 0.1) is 12.3 Å². The van der Waals surface area contributed by atoms with Crippen LogP contribution in [0.3, 0.4) is 0 Å². The average Bonchev–Trinajstić information content (AvgIpc) is 2.54. The molecule has 0 unspecified atom stereocenters. The molecular weight excluding hydrogens is 300 g/mol. The Bertz CT molecular complexity index is 579. The van der Waals surface area contributed by atoms with Crippen molar-refractivity contribution >= 4 is 15.8 Å². The number of rotatable bonds is 7. The van der Waals surface area contributed by atoms with E-state index in [-0.39, 0.29) is 11.5 Å². The summed E-state index contributed by atoms with van der Waals surface area (Å²) in [5.74, 6) is 0.315. The molecule has 0 atom stereocenters. The van der Waals surface area contributed by atoms with Crippen molar-refractivity contribution in [3.63, 3.8) is 0 Å². The number of benzene rings is 1. The van der Waals surface area contributed by atoms with E-state index in [4.69, 9.17) is 0 Å². The van der Waals surface area contributed by atoms with Crippen molar-refractivity contribution in [2.45, 2.75) is 19.8 Å². The lowest BCUT2D eigenvalue weighted by molar-refractivity contribution is 0.0901. The van der Waals surface area contributed by atoms with Crippen LogP contribution in [-0.2, 0) is 10.0 Å². The average molecular weight is 324 g/mol. The smallest absolute Gasteiger partial charge is 0.214 e. The second-order valence-electron chi connectivity index (χ2n) is 5.63. The summed E-state index contributed by atoms with van der Waals surface area (Å²) in [6, 6.07) is 9.22. The molecule has 6 heteroatoms. The maximum Gasteiger partial charge on any atom is 0.214 e. The van der Waals surface area contributed by atoms with Crippen molar-refractivity contribution in [2.75, 3.05) is 38.5 Å². The van der Waals surface area contributed by atoms with Crippen LogP contribution >= 0.6 is 0 Å². The third-order valence-corrected chi connectivity index (χ3v) is 5.90. The summed E-state index contributed by atoms with van der Waals surface area (Å²) in [6.45, 7) is 4.53. The normalized spacial score (nSPS) is 17.5. The van der Waals surface area contributed by atoms with Gasteiger partial charge in [0.15, 0.2) is 5.78 Å². The SMILES string of the molecule is CCCCS(=O)(=O)N1CCN(CC(=O)c2ccccc2)CC1. The summed E-state index contributed by atoms with van der Waals surface area (Å²) in [5.41, 5.74) is 0.709. The highest BCUT2D eigenvalue weighted by molar-refractivity contribution is 7.89. The zero-order chi connectivity index (χ0) is 16.0. The number of piperazine rings is 1. The van der Waals surface area contributed by atoms with E-state index in [1.165, 1.54) is 0 Å². The van der Waals surface area contributed by atoms with Gasteiger partial charge in [0.1, 0.15) is 0 Å². The number of ketones is 1. The third-order valence-electron chi connectivity index (χ3n) is 3.94. The van der Waals surface area contributed by atoms with Crippen molar-refractivity contribution in [1.82, 2.24) is 9.21 Å². The number of Topliss-reactive ketones (excluding diaryl/α,β-unsaturated/α-hetero) is 1. The highest BCUT2D eigenvalue weighted by atomic mass is 32.2. The highest BCUT2D eigenvalue weighted by Gasteiger charge is 2.27. The molecule has 1 aliphatic rings. The molecule has 1 aromatic rings. The molecule has 0 bridgehead atoms. The molecule has 0 N–H and O–H groups in total. The van der Waals surface area contributed by atoms with E-state index in [1.54, 1.807) is 4.31 Å². The van der Waals surface area contributed by atoms with Crippen LogP contribution in [0.1, 0.15) is 30.1 Å². The van der Waals surface area contributed by atoms with Gasteiger partial charge >= 0.3 is 0 Å². The standard InChI is InChI=1S/C16H24N2O3S/c1-2-3-13-22(20,21)18-11-9-17(10-12-18)14-16(19)15-7-5-4-6-8-15/h4-8H,2-3,9-14H2,1H3. The van der Waals surface area contributed by atoms with Crippen LogP contribution in [0.2, 0.25) is 0 Å². The molecule has 122 valence electrons. The molecule has 1 fully saturated rings. The summed E-state index contributed by atoms with van der Waals surface area (Å²) in [7, 11) is -3.13. The van der Waals surface area contributed by atoms with E-state index in [2.05, 4.69) is 0 Å². The molecule has 2 rings (SSSR count). The van der Waals surface area contributed by atoms with Crippen LogP contribution in [0.15, 0.2) is 30.3 Å². The molecular formula is C16H24N2O3S. The van der Waals surface area contributed by atoms with E-state index in [0.29, 0.717) is 44.7 Å². The Morgan fingerprint density at radius 1 is 1.09 bits per heavy atom. The highest BCUT2D eigenvalue weighted by Crippen LogP contribution is 2.11. The van der Waals surface area contributed by atoms with Gasteiger partial charge in [-0.25, -0.2) is 8.42 Å². The first kappa shape index (κ1) is 17.1. The Labute approximate surface area is 133 Å². The van der Waals surface area contributed by atoms with Gasteiger partial charge in [-0.2, -0.15) is 4.31 Å². The molecule has 0 aromatic heterocycles. The fourth-order valence-electron chi connectivity index (χ4n) is 2.54. The summed E-state index contributed by atoms with van der Waals surface area (Å²) < 4.78 is 25.8. The van der Waals surface area contributed by atoms with Gasteiger partial charge in [0, 0.05) is 31.7 Å². The van der Waals surface area contributed by atoms with Crippen molar-refractivity contribution in [3.8, 4) is 0 Å². The molecule has 1 heterocycles. The van der Waals surface area contributed by atoms with Crippen molar-refractivity contribution < 1.29 is 13.2 Å². The van der Waals surface area contributed by atoms with Gasteiger partial charge < -0.3 is 0 Å². The number of hydrogen-bond acceptors (Lipinski definition) is 4. The zero-order valence-electron chi connectivity index (χ0n) is 13.1. The number of unbranched alkanes of at least 4 members (excludes halogenated alkanes) is 1. The summed E-state index contributed by atoms with van der Waals surface area (Å²) >= 11 is 0. The number of sulfonamides is 1. The van der Waals surface area contributed by atoms with Crippen LogP contribution in [-0.4, -0.2) is 61.9 Å². The number of carbonyl (C=O) groups excluding carboxylic acids is 1. The molecule has 5 nitrogen and oxygen atoms in total. The van der Waals surface area contributed by atoms with Gasteiger partial charge in [0.2, 0.25) is 10.0 Å². The predicted molar refractivity (Wildman–Crippen MR) is 87.5 cm³/mol. The lowest BCUT2D eigenvalue weighted by Crippen LogP contribution is -2.50. The van der Waals surface area contributed by atoms with E-state index < -0.39 is 10.0 Å². The molecule has 22 heavy (non-hydrogen) atoms. The van der Waals surface area contributed by atoms with Crippen molar-refractivity contribution in [2.24, 2.45) is 0 Å². The summed E-state index contributed by atoms with van der Waals surface area (Å²) in [6.07, 6.45) is 1.58. The van der Waals surface area contributed by atoms with E-state index >= 15 is 0 Å². The lowest BCUT2D eigenvalue weighted by atomic mass is 10.1. The van der Waals surface area contributed by atoms with Gasteiger partial charge in [0.25, 0.3) is 0 Å². The van der Waals surface area contributed by atoms with E-state index in [1.807, 2.05) is 42.2 Å². The molecule has 1 aliphatic heterocycles. The molecule has 1 aromatic carbocycles. The Balaban J connectivity index is 1.84. The van der Waals surface area contributed by atoms with Gasteiger partial charge in [-0.15, -0.1) is 0 Å². The minimum atomic E-state index is -3.13. The fourth-order valence-corrected chi connectivity index (χ4v) is 4.17. The van der Waals surface area contributed by atoms with Crippen LogP contribution in [0.4, 0.5) is 0 Å². The Morgan fingerprint density at radius 3 is 2.32 bits per heavy atom. The van der Waals surface area contributed by atoms with Crippen LogP contribution in [0.5, 0.6) is 0 Å². The maximum absolute atomic E-state index is 12.2. The summed E-state index contributed by atoms with van der Waals surface area (Å²) in [5, 5.41) is 0. The molecule has 1 saturated heterocycles. The molecule has 0 amide bonds. The Kier molecular flexibility index (Phi) is 6.11. The predicted octanol–water partition coefficient (Wildman–Crippen LogP) is 1.62. The van der Waals surface area contributed by atoms with Gasteiger partial charge in [-0.05, 0) is 6.42 Å². The number of hydrogen-bond donors (Lipinski definition) is 0. The molecule has 0 saturated carbocycles. The van der Waals surface area contributed by atoms with Gasteiger partial charge in [-0.1, -0.05) is 43.7 Å². The maximum atomic E-state index is 12.2. The van der Waals surface area contributed by atoms with Crippen molar-refractivity contribution in [1.29, 1.82) is 0 Å². The Hall–Kier alpha value is -1.24. The van der Waals surface area contributed by atoms with Crippen LogP contribution < -0.4 is 0 Å². The molecule has 0 radical (unpaired) electrons. The monoisotopic (exact) mass is 324 g/mol. The van der Waals surface area contributed by atoms with E-state index in [9.17, 15) is 13.2 Å². The summed E-state index contributed by atoms with van der Waals surface area (Å²) in [4.78, 5) is 14.2. The first-order valence-electron chi connectivity index (χ1n) is 7.81. The lowest BCUT2D eigenvalue weighted by Gasteiger charge is -2.33. The molecule has 0 aliphatic carbocycles. The Morgan fingerprint density at radius 2 is 1.73 bits per heavy atom. The van der Waals surface area contributed by atoms with Crippen LogP contribution in [0.25, 0.3) is 0 Å². The quantitative estimate of drug-likeness (QED) is 0.715. The third kappa shape index (κ3) is 4.63. The zero-order valence-corrected chi connectivity index (χ0v) is 13.9. The number of carbonyl (C=O) groups is 1. The molecule has 0 spiro atoms. The van der Waals surface area contributed by atoms with Crippen molar-refractivity contribution in [3.05, 3.63) is 35.9 Å². The first-order valence-corrected chi connectivity index (χ1v) is 9.42.